The van der Waals surface area contributed by atoms with Gasteiger partial charge in [0, 0.05) is 44.6 Å². The third-order valence-electron chi connectivity index (χ3n) is 3.25. The average molecular weight is 249 g/mol. The Hall–Kier alpha value is -1.62. The number of anilines is 1. The van der Waals surface area contributed by atoms with Gasteiger partial charge in [0.25, 0.3) is 5.91 Å². The fraction of sp³-hybridized carbons (Fsp3) is 0.538. The Bertz CT molecular complexity index is 422. The highest BCUT2D eigenvalue weighted by atomic mass is 16.3. The van der Waals surface area contributed by atoms with Crippen LogP contribution in [-0.2, 0) is 0 Å². The maximum Gasteiger partial charge on any atom is 0.257 e. The van der Waals surface area contributed by atoms with Crippen molar-refractivity contribution in [3.8, 4) is 0 Å². The topological polar surface area (TPSA) is 65.5 Å². The molecule has 1 saturated heterocycles. The van der Waals surface area contributed by atoms with E-state index in [4.69, 9.17) is 5.11 Å². The number of aliphatic hydroxyl groups is 1. The maximum absolute atomic E-state index is 12.4. The molecule has 1 unspecified atom stereocenters. The molecule has 2 heterocycles. The van der Waals surface area contributed by atoms with Crippen LogP contribution in [0.15, 0.2) is 18.5 Å². The Labute approximate surface area is 107 Å². The van der Waals surface area contributed by atoms with Gasteiger partial charge in [-0.15, -0.1) is 0 Å². The number of carbonyl (C=O) groups is 1. The second-order valence-corrected chi connectivity index (χ2v) is 4.54. The molecular weight excluding hydrogens is 230 g/mol. The smallest absolute Gasteiger partial charge is 0.257 e. The van der Waals surface area contributed by atoms with Crippen molar-refractivity contribution in [2.24, 2.45) is 5.92 Å². The summed E-state index contributed by atoms with van der Waals surface area (Å²) in [6, 6.07) is 1.82. The van der Waals surface area contributed by atoms with Gasteiger partial charge in [-0.25, -0.2) is 0 Å². The van der Waals surface area contributed by atoms with Crippen LogP contribution in [0.3, 0.4) is 0 Å². The molecule has 1 aromatic rings. The van der Waals surface area contributed by atoms with E-state index in [1.54, 1.807) is 17.3 Å². The van der Waals surface area contributed by atoms with Gasteiger partial charge in [-0.2, -0.15) is 0 Å². The molecular formula is C13H19N3O2. The second kappa shape index (κ2) is 5.82. The van der Waals surface area contributed by atoms with Crippen LogP contribution >= 0.6 is 0 Å². The Morgan fingerprint density at radius 2 is 2.50 bits per heavy atom. The minimum atomic E-state index is -0.00463. The molecule has 5 heteroatoms. The van der Waals surface area contributed by atoms with Crippen molar-refractivity contribution in [1.29, 1.82) is 0 Å². The number of amides is 1. The van der Waals surface area contributed by atoms with E-state index in [0.717, 1.165) is 18.7 Å². The maximum atomic E-state index is 12.4. The highest BCUT2D eigenvalue weighted by Gasteiger charge is 2.27. The number of likely N-dealkylation sites (tertiary alicyclic amines) is 1. The summed E-state index contributed by atoms with van der Waals surface area (Å²) in [4.78, 5) is 18.2. The summed E-state index contributed by atoms with van der Waals surface area (Å²) in [6.45, 7) is 4.26. The number of rotatable bonds is 4. The van der Waals surface area contributed by atoms with Crippen LogP contribution in [0.2, 0.25) is 0 Å². The van der Waals surface area contributed by atoms with E-state index in [2.05, 4.69) is 10.3 Å². The molecule has 0 saturated carbocycles. The number of carbonyl (C=O) groups excluding carboxylic acids is 1. The van der Waals surface area contributed by atoms with E-state index in [-0.39, 0.29) is 18.4 Å². The third kappa shape index (κ3) is 2.61. The molecule has 98 valence electrons. The first-order valence-electron chi connectivity index (χ1n) is 6.34. The Morgan fingerprint density at radius 1 is 1.67 bits per heavy atom. The SMILES string of the molecule is CCNc1ccncc1C(=O)N1CCC(CO)C1. The van der Waals surface area contributed by atoms with Gasteiger partial charge < -0.3 is 15.3 Å². The summed E-state index contributed by atoms with van der Waals surface area (Å²) in [5.74, 6) is 0.211. The van der Waals surface area contributed by atoms with Crippen molar-refractivity contribution in [2.45, 2.75) is 13.3 Å². The minimum absolute atomic E-state index is 0.00463. The molecule has 5 nitrogen and oxygen atoms in total. The molecule has 1 fully saturated rings. The molecule has 0 bridgehead atoms. The van der Waals surface area contributed by atoms with E-state index in [9.17, 15) is 4.79 Å². The highest BCUT2D eigenvalue weighted by molar-refractivity contribution is 5.99. The predicted octanol–water partition coefficient (Wildman–Crippen LogP) is 0.968. The van der Waals surface area contributed by atoms with Crippen LogP contribution in [0.5, 0.6) is 0 Å². The second-order valence-electron chi connectivity index (χ2n) is 4.54. The summed E-state index contributed by atoms with van der Waals surface area (Å²) >= 11 is 0. The van der Waals surface area contributed by atoms with Crippen LogP contribution < -0.4 is 5.32 Å². The Morgan fingerprint density at radius 3 is 3.17 bits per heavy atom. The summed E-state index contributed by atoms with van der Waals surface area (Å²) in [5, 5.41) is 12.3. The summed E-state index contributed by atoms with van der Waals surface area (Å²) < 4.78 is 0. The zero-order valence-corrected chi connectivity index (χ0v) is 10.6. The van der Waals surface area contributed by atoms with Crippen LogP contribution in [0.1, 0.15) is 23.7 Å². The van der Waals surface area contributed by atoms with Crippen molar-refractivity contribution >= 4 is 11.6 Å². The van der Waals surface area contributed by atoms with E-state index in [1.165, 1.54) is 0 Å². The van der Waals surface area contributed by atoms with E-state index >= 15 is 0 Å². The largest absolute Gasteiger partial charge is 0.396 e. The fourth-order valence-electron chi connectivity index (χ4n) is 2.25. The number of hydrogen-bond donors (Lipinski definition) is 2. The molecule has 18 heavy (non-hydrogen) atoms. The zero-order chi connectivity index (χ0) is 13.0. The quantitative estimate of drug-likeness (QED) is 0.834. The molecule has 1 aliphatic heterocycles. The normalized spacial score (nSPS) is 19.0. The first-order valence-corrected chi connectivity index (χ1v) is 6.34. The van der Waals surface area contributed by atoms with Gasteiger partial charge in [0.15, 0.2) is 0 Å². The van der Waals surface area contributed by atoms with Crippen molar-refractivity contribution in [1.82, 2.24) is 9.88 Å². The molecule has 1 amide bonds. The Kier molecular flexibility index (Phi) is 4.15. The number of nitrogens with zero attached hydrogens (tertiary/aromatic N) is 2. The number of aliphatic hydroxyl groups excluding tert-OH is 1. The molecule has 0 spiro atoms. The van der Waals surface area contributed by atoms with Crippen molar-refractivity contribution in [3.05, 3.63) is 24.0 Å². The first kappa shape index (κ1) is 12.8. The van der Waals surface area contributed by atoms with E-state index in [1.807, 2.05) is 13.0 Å². The molecule has 0 aromatic carbocycles. The number of hydrogen-bond acceptors (Lipinski definition) is 4. The molecule has 1 aliphatic rings. The average Bonchev–Trinajstić information content (AvgIpc) is 2.88. The third-order valence-corrected chi connectivity index (χ3v) is 3.25. The van der Waals surface area contributed by atoms with Crippen molar-refractivity contribution in [3.63, 3.8) is 0 Å². The lowest BCUT2D eigenvalue weighted by Gasteiger charge is -2.18. The fourth-order valence-corrected chi connectivity index (χ4v) is 2.25. The van der Waals surface area contributed by atoms with Gasteiger partial charge in [-0.1, -0.05) is 0 Å². The van der Waals surface area contributed by atoms with Gasteiger partial charge in [0.2, 0.25) is 0 Å². The molecule has 0 radical (unpaired) electrons. The molecule has 1 atom stereocenters. The lowest BCUT2D eigenvalue weighted by Crippen LogP contribution is -2.30. The van der Waals surface area contributed by atoms with Gasteiger partial charge >= 0.3 is 0 Å². The number of pyridine rings is 1. The van der Waals surface area contributed by atoms with E-state index < -0.39 is 0 Å². The van der Waals surface area contributed by atoms with Crippen LogP contribution in [-0.4, -0.2) is 47.1 Å². The zero-order valence-electron chi connectivity index (χ0n) is 10.6. The summed E-state index contributed by atoms with van der Waals surface area (Å²) in [6.07, 6.45) is 4.15. The van der Waals surface area contributed by atoms with Gasteiger partial charge in [0.1, 0.15) is 0 Å². The van der Waals surface area contributed by atoms with E-state index in [0.29, 0.717) is 18.7 Å². The van der Waals surface area contributed by atoms with Crippen LogP contribution in [0.25, 0.3) is 0 Å². The Balaban J connectivity index is 2.14. The summed E-state index contributed by atoms with van der Waals surface area (Å²) in [7, 11) is 0. The molecule has 1 aromatic heterocycles. The monoisotopic (exact) mass is 249 g/mol. The van der Waals surface area contributed by atoms with Crippen LogP contribution in [0, 0.1) is 5.92 Å². The standard InChI is InChI=1S/C13H19N3O2/c1-2-15-12-3-5-14-7-11(12)13(18)16-6-4-10(8-16)9-17/h3,5,7,10,17H,2,4,6,8-9H2,1H3,(H,14,15). The molecule has 0 aliphatic carbocycles. The van der Waals surface area contributed by atoms with Crippen LogP contribution in [0.4, 0.5) is 5.69 Å². The van der Waals surface area contributed by atoms with Crippen molar-refractivity contribution < 1.29 is 9.90 Å². The number of aromatic nitrogens is 1. The van der Waals surface area contributed by atoms with Gasteiger partial charge in [-0.3, -0.25) is 9.78 Å². The number of nitrogens with one attached hydrogen (secondary N) is 1. The highest BCUT2D eigenvalue weighted by Crippen LogP contribution is 2.21. The molecule has 2 N–H and O–H groups in total. The van der Waals surface area contributed by atoms with Crippen molar-refractivity contribution in [2.75, 3.05) is 31.6 Å². The molecule has 2 rings (SSSR count). The lowest BCUT2D eigenvalue weighted by atomic mass is 10.1. The minimum Gasteiger partial charge on any atom is -0.396 e. The first-order chi connectivity index (χ1) is 8.76. The van der Waals surface area contributed by atoms with Gasteiger partial charge in [-0.05, 0) is 19.4 Å². The predicted molar refractivity (Wildman–Crippen MR) is 69.5 cm³/mol. The lowest BCUT2D eigenvalue weighted by molar-refractivity contribution is 0.0782. The van der Waals surface area contributed by atoms with Gasteiger partial charge in [0.05, 0.1) is 11.3 Å². The summed E-state index contributed by atoms with van der Waals surface area (Å²) in [5.41, 5.74) is 1.43.